The van der Waals surface area contributed by atoms with Crippen molar-refractivity contribution in [3.05, 3.63) is 52.9 Å². The second-order valence-electron chi connectivity index (χ2n) is 7.17. The molecule has 0 bridgehead atoms. The second kappa shape index (κ2) is 11.4. The van der Waals surface area contributed by atoms with E-state index in [1.54, 1.807) is 6.26 Å². The van der Waals surface area contributed by atoms with Gasteiger partial charge in [-0.15, -0.1) is 24.0 Å². The highest BCUT2D eigenvalue weighted by Crippen LogP contribution is 2.12. The van der Waals surface area contributed by atoms with Crippen molar-refractivity contribution in [3.8, 4) is 0 Å². The number of halogens is 1. The normalized spacial score (nSPS) is 15.4. The van der Waals surface area contributed by atoms with E-state index < -0.39 is 0 Å². The van der Waals surface area contributed by atoms with Gasteiger partial charge in [0.25, 0.3) is 0 Å². The van der Waals surface area contributed by atoms with E-state index in [-0.39, 0.29) is 24.0 Å². The van der Waals surface area contributed by atoms with Crippen LogP contribution in [0.2, 0.25) is 0 Å². The van der Waals surface area contributed by atoms with Gasteiger partial charge in [-0.05, 0) is 38.3 Å². The van der Waals surface area contributed by atoms with Crippen molar-refractivity contribution in [2.45, 2.75) is 33.7 Å². The molecule has 1 saturated heterocycles. The number of piperazine rings is 1. The van der Waals surface area contributed by atoms with Gasteiger partial charge in [0, 0.05) is 51.9 Å². The summed E-state index contributed by atoms with van der Waals surface area (Å²) in [6.45, 7) is 13.0. The average molecular weight is 497 g/mol. The fourth-order valence-corrected chi connectivity index (χ4v) is 3.50. The van der Waals surface area contributed by atoms with Gasteiger partial charge in [0.15, 0.2) is 5.96 Å². The molecule has 3 rings (SSSR count). The van der Waals surface area contributed by atoms with Gasteiger partial charge in [0.2, 0.25) is 0 Å². The van der Waals surface area contributed by atoms with E-state index in [4.69, 9.17) is 9.52 Å². The lowest BCUT2D eigenvalue weighted by atomic mass is 10.0. The van der Waals surface area contributed by atoms with Crippen molar-refractivity contribution in [2.24, 2.45) is 4.99 Å². The molecule has 0 amide bonds. The molecule has 28 heavy (non-hydrogen) atoms. The number of nitrogens with one attached hydrogen (secondary N) is 1. The number of hydrogen-bond donors (Lipinski definition) is 1. The van der Waals surface area contributed by atoms with Crippen molar-refractivity contribution in [1.82, 2.24) is 20.3 Å². The van der Waals surface area contributed by atoms with Crippen LogP contribution in [0.3, 0.4) is 0 Å². The number of aryl methyl sites for hydroxylation is 2. The molecule has 0 radical (unpaired) electrons. The first-order valence-corrected chi connectivity index (χ1v) is 9.86. The zero-order valence-corrected chi connectivity index (χ0v) is 19.5. The van der Waals surface area contributed by atoms with Crippen LogP contribution in [-0.4, -0.2) is 60.2 Å². The van der Waals surface area contributed by atoms with Crippen molar-refractivity contribution in [3.63, 3.8) is 0 Å². The minimum atomic E-state index is 0. The Labute approximate surface area is 185 Å². The summed E-state index contributed by atoms with van der Waals surface area (Å²) in [5, 5.41) is 7.46. The van der Waals surface area contributed by atoms with E-state index >= 15 is 0 Å². The lowest BCUT2D eigenvalue weighted by Gasteiger charge is -2.36. The maximum Gasteiger partial charge on any atom is 0.194 e. The van der Waals surface area contributed by atoms with Crippen LogP contribution in [0.4, 0.5) is 0 Å². The summed E-state index contributed by atoms with van der Waals surface area (Å²) in [4.78, 5) is 9.66. The molecule has 6 nitrogen and oxygen atoms in total. The third kappa shape index (κ3) is 6.48. The highest BCUT2D eigenvalue weighted by molar-refractivity contribution is 14.0. The highest BCUT2D eigenvalue weighted by atomic mass is 127. The average Bonchev–Trinajstić information content (AvgIpc) is 3.16. The number of rotatable bonds is 6. The Morgan fingerprint density at radius 1 is 1.18 bits per heavy atom. The summed E-state index contributed by atoms with van der Waals surface area (Å²) in [5.41, 5.74) is 5.06. The van der Waals surface area contributed by atoms with Gasteiger partial charge in [-0.2, -0.15) is 0 Å². The zero-order valence-electron chi connectivity index (χ0n) is 17.1. The Kier molecular flexibility index (Phi) is 9.24. The van der Waals surface area contributed by atoms with Crippen LogP contribution in [-0.2, 0) is 13.0 Å². The van der Waals surface area contributed by atoms with E-state index in [1.807, 2.05) is 6.07 Å². The summed E-state index contributed by atoms with van der Waals surface area (Å²) in [6, 6.07) is 8.60. The monoisotopic (exact) mass is 497 g/mol. The lowest BCUT2D eigenvalue weighted by Crippen LogP contribution is -2.52. The number of nitrogens with zero attached hydrogens (tertiary/aromatic N) is 4. The van der Waals surface area contributed by atoms with Crippen LogP contribution in [0, 0.1) is 13.8 Å². The maximum atomic E-state index is 4.93. The molecular weight excluding hydrogens is 465 g/mol. The van der Waals surface area contributed by atoms with Gasteiger partial charge in [-0.25, -0.2) is 0 Å². The molecule has 2 aromatic rings. The molecule has 0 aliphatic carbocycles. The standard InChI is InChI=1S/C21H31N5O.HI/c1-4-22-21(23-9-7-19-6-5-17(2)15-18(19)3)26-12-10-25(11-13-26)16-20-8-14-27-24-20;/h5-6,8,14-15H,4,7,9-13,16H2,1-3H3,(H,22,23);1H. The fourth-order valence-electron chi connectivity index (χ4n) is 3.50. The largest absolute Gasteiger partial charge is 0.364 e. The van der Waals surface area contributed by atoms with Gasteiger partial charge in [0.05, 0.1) is 5.69 Å². The summed E-state index contributed by atoms with van der Waals surface area (Å²) >= 11 is 0. The Morgan fingerprint density at radius 2 is 1.96 bits per heavy atom. The maximum absolute atomic E-state index is 4.93. The molecule has 0 unspecified atom stereocenters. The van der Waals surface area contributed by atoms with Crippen LogP contribution < -0.4 is 5.32 Å². The predicted octanol–water partition coefficient (Wildman–Crippen LogP) is 3.24. The number of guanidine groups is 1. The molecular formula is C21H32IN5O. The van der Waals surface area contributed by atoms with E-state index in [0.29, 0.717) is 0 Å². The Balaban J connectivity index is 0.00000280. The van der Waals surface area contributed by atoms with E-state index in [0.717, 1.165) is 63.9 Å². The Bertz CT molecular complexity index is 739. The van der Waals surface area contributed by atoms with Crippen LogP contribution in [0.25, 0.3) is 0 Å². The van der Waals surface area contributed by atoms with Gasteiger partial charge < -0.3 is 14.7 Å². The minimum absolute atomic E-state index is 0. The molecule has 1 aromatic carbocycles. The van der Waals surface area contributed by atoms with Crippen LogP contribution in [0.5, 0.6) is 0 Å². The lowest BCUT2D eigenvalue weighted by molar-refractivity contribution is 0.169. The van der Waals surface area contributed by atoms with Gasteiger partial charge in [-0.1, -0.05) is 28.9 Å². The Hall–Kier alpha value is -1.61. The molecule has 1 aliphatic heterocycles. The number of benzene rings is 1. The van der Waals surface area contributed by atoms with Crippen molar-refractivity contribution in [2.75, 3.05) is 39.3 Å². The first kappa shape index (κ1) is 22.7. The Morgan fingerprint density at radius 3 is 2.61 bits per heavy atom. The molecule has 2 heterocycles. The topological polar surface area (TPSA) is 56.9 Å². The van der Waals surface area contributed by atoms with Gasteiger partial charge >= 0.3 is 0 Å². The molecule has 0 saturated carbocycles. The number of aliphatic imine (C=N–C) groups is 1. The van der Waals surface area contributed by atoms with Gasteiger partial charge in [0.1, 0.15) is 6.26 Å². The third-order valence-corrected chi connectivity index (χ3v) is 5.02. The first-order chi connectivity index (χ1) is 13.2. The van der Waals surface area contributed by atoms with Crippen molar-refractivity contribution in [1.29, 1.82) is 0 Å². The summed E-state index contributed by atoms with van der Waals surface area (Å²) in [6.07, 6.45) is 2.62. The predicted molar refractivity (Wildman–Crippen MR) is 124 cm³/mol. The molecule has 1 fully saturated rings. The molecule has 154 valence electrons. The smallest absolute Gasteiger partial charge is 0.194 e. The quantitative estimate of drug-likeness (QED) is 0.378. The van der Waals surface area contributed by atoms with Crippen LogP contribution in [0.1, 0.15) is 29.3 Å². The van der Waals surface area contributed by atoms with Crippen LogP contribution >= 0.6 is 24.0 Å². The fraction of sp³-hybridized carbons (Fsp3) is 0.524. The second-order valence-corrected chi connectivity index (χ2v) is 7.17. The molecule has 7 heteroatoms. The summed E-state index contributed by atoms with van der Waals surface area (Å²) < 4.78 is 4.93. The van der Waals surface area contributed by atoms with E-state index in [2.05, 4.69) is 59.2 Å². The summed E-state index contributed by atoms with van der Waals surface area (Å²) in [7, 11) is 0. The molecule has 1 aromatic heterocycles. The SMILES string of the molecule is CCNC(=NCCc1ccc(C)cc1C)N1CCN(Cc2ccon2)CC1.I. The van der Waals surface area contributed by atoms with Gasteiger partial charge in [-0.3, -0.25) is 9.89 Å². The number of aromatic nitrogens is 1. The van der Waals surface area contributed by atoms with E-state index in [9.17, 15) is 0 Å². The first-order valence-electron chi connectivity index (χ1n) is 9.86. The zero-order chi connectivity index (χ0) is 19.1. The molecule has 0 atom stereocenters. The minimum Gasteiger partial charge on any atom is -0.364 e. The van der Waals surface area contributed by atoms with Crippen molar-refractivity contribution >= 4 is 29.9 Å². The summed E-state index contributed by atoms with van der Waals surface area (Å²) in [5.74, 6) is 1.03. The molecule has 1 N–H and O–H groups in total. The highest BCUT2D eigenvalue weighted by Gasteiger charge is 2.20. The number of hydrogen-bond acceptors (Lipinski definition) is 4. The van der Waals surface area contributed by atoms with Crippen molar-refractivity contribution < 1.29 is 4.52 Å². The van der Waals surface area contributed by atoms with Crippen LogP contribution in [0.15, 0.2) is 40.0 Å². The van der Waals surface area contributed by atoms with E-state index in [1.165, 1.54) is 16.7 Å². The third-order valence-electron chi connectivity index (χ3n) is 5.02. The molecule has 0 spiro atoms. The molecule has 1 aliphatic rings.